The van der Waals surface area contributed by atoms with Crippen LogP contribution in [0.15, 0.2) is 35.9 Å². The molecule has 2 aliphatic rings. The summed E-state index contributed by atoms with van der Waals surface area (Å²) in [6.45, 7) is 4.33. The standard InChI is InChI=1S/C18H18N2O2/c1-11-7-12(2)16-15(8-11)17(21)20(18(16)22)10-14-5-3-13(9-19)4-6-14/h3-7,12,15-16H,8,10H2,1-2H3/t12-,15-,16+/m0/s1. The molecule has 3 rings (SSSR count). The number of amides is 2. The lowest BCUT2D eigenvalue weighted by Gasteiger charge is -2.25. The fraction of sp³-hybridized carbons (Fsp3) is 0.389. The molecule has 3 atom stereocenters. The minimum absolute atomic E-state index is 0.0568. The molecule has 1 saturated heterocycles. The monoisotopic (exact) mass is 294 g/mol. The Morgan fingerprint density at radius 2 is 1.91 bits per heavy atom. The van der Waals surface area contributed by atoms with Crippen molar-refractivity contribution < 1.29 is 9.59 Å². The van der Waals surface area contributed by atoms with Crippen LogP contribution in [-0.4, -0.2) is 16.7 Å². The molecule has 22 heavy (non-hydrogen) atoms. The third-order valence-corrected chi connectivity index (χ3v) is 4.65. The van der Waals surface area contributed by atoms with E-state index in [9.17, 15) is 9.59 Å². The SMILES string of the molecule is CC1=C[C@H](C)[C@H]2C(=O)N(Cc3ccc(C#N)cc3)C(=O)[C@H]2C1. The number of likely N-dealkylation sites (tertiary alicyclic amines) is 1. The second kappa shape index (κ2) is 5.42. The second-order valence-electron chi connectivity index (χ2n) is 6.28. The second-order valence-corrected chi connectivity index (χ2v) is 6.28. The highest BCUT2D eigenvalue weighted by atomic mass is 16.2. The molecule has 0 N–H and O–H groups in total. The fourth-order valence-corrected chi connectivity index (χ4v) is 3.61. The summed E-state index contributed by atoms with van der Waals surface area (Å²) in [5, 5.41) is 8.82. The lowest BCUT2D eigenvalue weighted by molar-refractivity contribution is -0.140. The Balaban J connectivity index is 1.82. The number of nitrogens with zero attached hydrogens (tertiary/aromatic N) is 2. The average molecular weight is 294 g/mol. The largest absolute Gasteiger partial charge is 0.278 e. The smallest absolute Gasteiger partial charge is 0.234 e. The minimum Gasteiger partial charge on any atom is -0.278 e. The van der Waals surface area contributed by atoms with E-state index >= 15 is 0 Å². The summed E-state index contributed by atoms with van der Waals surface area (Å²) in [5.74, 6) is -0.420. The maximum Gasteiger partial charge on any atom is 0.234 e. The highest BCUT2D eigenvalue weighted by Gasteiger charge is 2.50. The van der Waals surface area contributed by atoms with Crippen LogP contribution in [0.2, 0.25) is 0 Å². The van der Waals surface area contributed by atoms with E-state index in [0.29, 0.717) is 18.5 Å². The molecule has 0 bridgehead atoms. The number of allylic oxidation sites excluding steroid dienone is 2. The first kappa shape index (κ1) is 14.5. The van der Waals surface area contributed by atoms with E-state index in [0.717, 1.165) is 5.56 Å². The summed E-state index contributed by atoms with van der Waals surface area (Å²) in [7, 11) is 0. The van der Waals surface area contributed by atoms with Gasteiger partial charge in [0, 0.05) is 0 Å². The van der Waals surface area contributed by atoms with Crippen molar-refractivity contribution in [3.8, 4) is 6.07 Å². The molecule has 112 valence electrons. The molecule has 0 spiro atoms. The quantitative estimate of drug-likeness (QED) is 0.622. The third-order valence-electron chi connectivity index (χ3n) is 4.65. The third kappa shape index (κ3) is 2.33. The van der Waals surface area contributed by atoms with Crippen molar-refractivity contribution in [1.29, 1.82) is 5.26 Å². The van der Waals surface area contributed by atoms with Crippen LogP contribution in [0, 0.1) is 29.1 Å². The van der Waals surface area contributed by atoms with Crippen LogP contribution in [0.4, 0.5) is 0 Å². The van der Waals surface area contributed by atoms with Crippen LogP contribution >= 0.6 is 0 Å². The van der Waals surface area contributed by atoms with Gasteiger partial charge in [-0.2, -0.15) is 5.26 Å². The minimum atomic E-state index is -0.213. The van der Waals surface area contributed by atoms with E-state index in [2.05, 4.69) is 12.1 Å². The maximum atomic E-state index is 12.6. The van der Waals surface area contributed by atoms with Crippen molar-refractivity contribution in [1.82, 2.24) is 4.90 Å². The van der Waals surface area contributed by atoms with E-state index in [-0.39, 0.29) is 29.6 Å². The van der Waals surface area contributed by atoms with Crippen LogP contribution < -0.4 is 0 Å². The van der Waals surface area contributed by atoms with Gasteiger partial charge in [0.05, 0.1) is 30.0 Å². The van der Waals surface area contributed by atoms with Crippen molar-refractivity contribution in [2.24, 2.45) is 17.8 Å². The maximum absolute atomic E-state index is 12.6. The summed E-state index contributed by atoms with van der Waals surface area (Å²) >= 11 is 0. The van der Waals surface area contributed by atoms with Gasteiger partial charge in [-0.05, 0) is 37.0 Å². The van der Waals surface area contributed by atoms with Crippen molar-refractivity contribution in [3.05, 3.63) is 47.0 Å². The van der Waals surface area contributed by atoms with E-state index in [4.69, 9.17) is 5.26 Å². The van der Waals surface area contributed by atoms with Crippen molar-refractivity contribution in [2.75, 3.05) is 0 Å². The Hall–Kier alpha value is -2.41. The van der Waals surface area contributed by atoms with Gasteiger partial charge in [0.15, 0.2) is 0 Å². The van der Waals surface area contributed by atoms with Gasteiger partial charge in [0.2, 0.25) is 11.8 Å². The molecule has 1 aromatic carbocycles. The van der Waals surface area contributed by atoms with E-state index in [1.165, 1.54) is 10.5 Å². The molecule has 0 unspecified atom stereocenters. The van der Waals surface area contributed by atoms with Crippen LogP contribution in [0.25, 0.3) is 0 Å². The number of carbonyl (C=O) groups excluding carboxylic acids is 2. The summed E-state index contributed by atoms with van der Waals surface area (Å²) in [5.41, 5.74) is 2.64. The van der Waals surface area contributed by atoms with Gasteiger partial charge in [-0.3, -0.25) is 14.5 Å². The zero-order valence-electron chi connectivity index (χ0n) is 12.7. The molecule has 1 aromatic rings. The lowest BCUT2D eigenvalue weighted by Crippen LogP contribution is -2.31. The molecule has 4 heteroatoms. The van der Waals surface area contributed by atoms with Crippen molar-refractivity contribution >= 4 is 11.8 Å². The Morgan fingerprint density at radius 3 is 2.55 bits per heavy atom. The van der Waals surface area contributed by atoms with Gasteiger partial charge in [0.1, 0.15) is 0 Å². The summed E-state index contributed by atoms with van der Waals surface area (Å²) < 4.78 is 0. The predicted octanol–water partition coefficient (Wildman–Crippen LogP) is 2.65. The molecule has 0 saturated carbocycles. The van der Waals surface area contributed by atoms with Crippen molar-refractivity contribution in [2.45, 2.75) is 26.8 Å². The zero-order chi connectivity index (χ0) is 15.9. The normalized spacial score (nSPS) is 27.4. The molecule has 0 radical (unpaired) electrons. The number of fused-ring (bicyclic) bond motifs is 1. The Bertz CT molecular complexity index is 697. The first-order valence-corrected chi connectivity index (χ1v) is 7.53. The molecule has 4 nitrogen and oxygen atoms in total. The highest BCUT2D eigenvalue weighted by molar-refractivity contribution is 6.05. The first-order chi connectivity index (χ1) is 10.5. The Kier molecular flexibility index (Phi) is 3.58. The van der Waals surface area contributed by atoms with Gasteiger partial charge in [-0.15, -0.1) is 0 Å². The van der Waals surface area contributed by atoms with E-state index < -0.39 is 0 Å². The number of hydrogen-bond acceptors (Lipinski definition) is 3. The number of benzene rings is 1. The molecule has 1 aliphatic carbocycles. The molecule has 0 aromatic heterocycles. The molecule has 1 fully saturated rings. The topological polar surface area (TPSA) is 61.2 Å². The summed E-state index contributed by atoms with van der Waals surface area (Å²) in [6.07, 6.45) is 2.79. The predicted molar refractivity (Wildman–Crippen MR) is 81.2 cm³/mol. The van der Waals surface area contributed by atoms with Crippen LogP contribution in [-0.2, 0) is 16.1 Å². The van der Waals surface area contributed by atoms with Gasteiger partial charge < -0.3 is 0 Å². The molecule has 1 aliphatic heterocycles. The molecule has 1 heterocycles. The number of carbonyl (C=O) groups is 2. The average Bonchev–Trinajstić information content (AvgIpc) is 2.73. The summed E-state index contributed by atoms with van der Waals surface area (Å²) in [6, 6.07) is 9.08. The molecule has 2 amide bonds. The summed E-state index contributed by atoms with van der Waals surface area (Å²) in [4.78, 5) is 26.6. The van der Waals surface area contributed by atoms with Gasteiger partial charge in [0.25, 0.3) is 0 Å². The van der Waals surface area contributed by atoms with Crippen LogP contribution in [0.5, 0.6) is 0 Å². The number of hydrogen-bond donors (Lipinski definition) is 0. The highest BCUT2D eigenvalue weighted by Crippen LogP contribution is 2.41. The van der Waals surface area contributed by atoms with Gasteiger partial charge >= 0.3 is 0 Å². The molecular formula is C18H18N2O2. The Labute approximate surface area is 130 Å². The van der Waals surface area contributed by atoms with Gasteiger partial charge in [-0.25, -0.2) is 0 Å². The number of rotatable bonds is 2. The fourth-order valence-electron chi connectivity index (χ4n) is 3.61. The van der Waals surface area contributed by atoms with E-state index in [1.807, 2.05) is 13.8 Å². The van der Waals surface area contributed by atoms with Crippen LogP contribution in [0.1, 0.15) is 31.4 Å². The number of imide groups is 1. The first-order valence-electron chi connectivity index (χ1n) is 7.53. The van der Waals surface area contributed by atoms with E-state index in [1.54, 1.807) is 24.3 Å². The molecular weight excluding hydrogens is 276 g/mol. The van der Waals surface area contributed by atoms with Crippen molar-refractivity contribution in [3.63, 3.8) is 0 Å². The lowest BCUT2D eigenvalue weighted by atomic mass is 9.76. The number of nitriles is 1. The van der Waals surface area contributed by atoms with Crippen LogP contribution in [0.3, 0.4) is 0 Å². The Morgan fingerprint density at radius 1 is 1.23 bits per heavy atom. The zero-order valence-corrected chi connectivity index (χ0v) is 12.7. The van der Waals surface area contributed by atoms with Gasteiger partial charge in [-0.1, -0.05) is 30.7 Å².